The van der Waals surface area contributed by atoms with Crippen LogP contribution in [-0.2, 0) is 4.79 Å². The second kappa shape index (κ2) is 8.30. The van der Waals surface area contributed by atoms with E-state index in [9.17, 15) is 9.90 Å². The Balaban J connectivity index is 1.78. The number of unbranched alkanes of at least 4 members (excludes halogenated alkanes) is 2. The Morgan fingerprint density at radius 1 is 1.40 bits per heavy atom. The average molecular weight is 248 g/mol. The first-order valence-electron chi connectivity index (χ1n) is 5.48. The monoisotopic (exact) mass is 248 g/mol. The molecule has 0 saturated carbocycles. The molecule has 1 saturated heterocycles. The summed E-state index contributed by atoms with van der Waals surface area (Å²) in [5.74, 6) is 0.289. The van der Waals surface area contributed by atoms with Crippen LogP contribution in [0.3, 0.4) is 0 Å². The number of aliphatic carboxylic acids is 1. The first-order chi connectivity index (χ1) is 7.29. The van der Waals surface area contributed by atoms with Crippen molar-refractivity contribution in [2.75, 3.05) is 18.8 Å². The SMILES string of the molecule is O=C([O-])CNCCCCCC1CCSS1. The van der Waals surface area contributed by atoms with Crippen molar-refractivity contribution in [3.63, 3.8) is 0 Å². The summed E-state index contributed by atoms with van der Waals surface area (Å²) in [4.78, 5) is 10.1. The van der Waals surface area contributed by atoms with E-state index in [1.165, 1.54) is 31.4 Å². The standard InChI is InChI=1S/C10H19NO2S2/c12-10(13)8-11-6-3-1-2-4-9-5-7-14-15-9/h9,11H,1-8H2,(H,12,13)/p-1. The van der Waals surface area contributed by atoms with Gasteiger partial charge in [-0.25, -0.2) is 0 Å². The molecular formula is C10H18NO2S2-. The highest BCUT2D eigenvalue weighted by Gasteiger charge is 2.15. The second-order valence-electron chi connectivity index (χ2n) is 3.73. The van der Waals surface area contributed by atoms with E-state index in [1.807, 2.05) is 21.6 Å². The highest BCUT2D eigenvalue weighted by Crippen LogP contribution is 2.39. The van der Waals surface area contributed by atoms with Gasteiger partial charge in [-0.15, -0.1) is 0 Å². The zero-order chi connectivity index (χ0) is 10.9. The highest BCUT2D eigenvalue weighted by atomic mass is 33.1. The maximum absolute atomic E-state index is 10.1. The fraction of sp³-hybridized carbons (Fsp3) is 0.900. The lowest BCUT2D eigenvalue weighted by Gasteiger charge is -2.07. The van der Waals surface area contributed by atoms with Crippen LogP contribution in [0.25, 0.3) is 0 Å². The van der Waals surface area contributed by atoms with Crippen molar-refractivity contribution in [3.05, 3.63) is 0 Å². The van der Waals surface area contributed by atoms with Gasteiger partial charge >= 0.3 is 0 Å². The Morgan fingerprint density at radius 2 is 2.27 bits per heavy atom. The number of rotatable bonds is 8. The molecule has 0 radical (unpaired) electrons. The van der Waals surface area contributed by atoms with Crippen LogP contribution >= 0.6 is 21.6 Å². The van der Waals surface area contributed by atoms with E-state index in [0.29, 0.717) is 0 Å². The predicted octanol–water partition coefficient (Wildman–Crippen LogP) is 1.04. The minimum absolute atomic E-state index is 0.0187. The van der Waals surface area contributed by atoms with E-state index in [2.05, 4.69) is 5.32 Å². The molecule has 0 aromatic heterocycles. The molecule has 5 heteroatoms. The third kappa shape index (κ3) is 7.09. The lowest BCUT2D eigenvalue weighted by atomic mass is 10.1. The molecule has 0 amide bonds. The van der Waals surface area contributed by atoms with Gasteiger partial charge in [-0.3, -0.25) is 0 Å². The molecule has 1 rings (SSSR count). The van der Waals surface area contributed by atoms with Gasteiger partial charge in [0, 0.05) is 17.5 Å². The van der Waals surface area contributed by atoms with Gasteiger partial charge in [0.1, 0.15) is 0 Å². The maximum Gasteiger partial charge on any atom is 0.0552 e. The summed E-state index contributed by atoms with van der Waals surface area (Å²) in [6.07, 6.45) is 6.21. The quantitative estimate of drug-likeness (QED) is 0.514. The third-order valence-electron chi connectivity index (χ3n) is 2.38. The van der Waals surface area contributed by atoms with E-state index >= 15 is 0 Å². The van der Waals surface area contributed by atoms with Gasteiger partial charge in [0.15, 0.2) is 0 Å². The summed E-state index contributed by atoms with van der Waals surface area (Å²) in [5, 5.41) is 13.8. The fourth-order valence-electron chi connectivity index (χ4n) is 1.55. The van der Waals surface area contributed by atoms with Crippen LogP contribution in [0.15, 0.2) is 0 Å². The predicted molar refractivity (Wildman–Crippen MR) is 64.8 cm³/mol. The van der Waals surface area contributed by atoms with Crippen molar-refractivity contribution in [3.8, 4) is 0 Å². The van der Waals surface area contributed by atoms with E-state index in [4.69, 9.17) is 0 Å². The molecule has 1 heterocycles. The molecule has 0 aliphatic carbocycles. The zero-order valence-corrected chi connectivity index (χ0v) is 10.5. The van der Waals surface area contributed by atoms with Crippen molar-refractivity contribution in [2.24, 2.45) is 0 Å². The minimum atomic E-state index is -1.02. The number of carboxylic acids is 1. The number of carbonyl (C=O) groups is 1. The number of carbonyl (C=O) groups excluding carboxylic acids is 1. The lowest BCUT2D eigenvalue weighted by molar-refractivity contribution is -0.304. The molecule has 1 fully saturated rings. The zero-order valence-electron chi connectivity index (χ0n) is 8.87. The van der Waals surface area contributed by atoms with Gasteiger partial charge in [0.25, 0.3) is 0 Å². The molecule has 1 N–H and O–H groups in total. The number of carboxylic acid groups (broad SMARTS) is 1. The molecule has 1 unspecified atom stereocenters. The molecule has 0 spiro atoms. The Labute approximate surface area is 99.2 Å². The molecule has 88 valence electrons. The first-order valence-corrected chi connectivity index (χ1v) is 7.86. The molecule has 0 aromatic carbocycles. The van der Waals surface area contributed by atoms with Crippen LogP contribution in [0.4, 0.5) is 0 Å². The minimum Gasteiger partial charge on any atom is -0.549 e. The van der Waals surface area contributed by atoms with Gasteiger partial charge in [-0.05, 0) is 25.8 Å². The van der Waals surface area contributed by atoms with Crippen LogP contribution in [-0.4, -0.2) is 30.1 Å². The van der Waals surface area contributed by atoms with E-state index in [0.717, 1.165) is 18.2 Å². The number of hydrogen-bond donors (Lipinski definition) is 1. The Morgan fingerprint density at radius 3 is 2.93 bits per heavy atom. The summed E-state index contributed by atoms with van der Waals surface area (Å²) < 4.78 is 0. The van der Waals surface area contributed by atoms with Crippen LogP contribution in [0.5, 0.6) is 0 Å². The van der Waals surface area contributed by atoms with Crippen LogP contribution in [0, 0.1) is 0 Å². The first kappa shape index (κ1) is 13.2. The molecule has 1 aliphatic rings. The summed E-state index contributed by atoms with van der Waals surface area (Å²) >= 11 is 0. The number of nitrogens with one attached hydrogen (secondary N) is 1. The summed E-state index contributed by atoms with van der Waals surface area (Å²) in [6, 6.07) is 0. The molecule has 15 heavy (non-hydrogen) atoms. The smallest absolute Gasteiger partial charge is 0.0552 e. The molecule has 3 nitrogen and oxygen atoms in total. The fourth-order valence-corrected chi connectivity index (χ4v) is 4.58. The van der Waals surface area contributed by atoms with Crippen molar-refractivity contribution in [1.29, 1.82) is 0 Å². The third-order valence-corrected chi connectivity index (χ3v) is 5.38. The Kier molecular flexibility index (Phi) is 7.30. The summed E-state index contributed by atoms with van der Waals surface area (Å²) in [5.41, 5.74) is 0. The van der Waals surface area contributed by atoms with Gasteiger partial charge in [0.05, 0.1) is 5.97 Å². The molecular weight excluding hydrogens is 230 g/mol. The lowest BCUT2D eigenvalue weighted by Crippen LogP contribution is -2.34. The van der Waals surface area contributed by atoms with Crippen LogP contribution in [0.1, 0.15) is 32.1 Å². The van der Waals surface area contributed by atoms with E-state index < -0.39 is 5.97 Å². The maximum atomic E-state index is 10.1. The van der Waals surface area contributed by atoms with Crippen LogP contribution in [0.2, 0.25) is 0 Å². The van der Waals surface area contributed by atoms with Crippen molar-refractivity contribution in [2.45, 2.75) is 37.4 Å². The summed E-state index contributed by atoms with van der Waals surface area (Å²) in [7, 11) is 4.02. The highest BCUT2D eigenvalue weighted by molar-refractivity contribution is 8.77. The topological polar surface area (TPSA) is 52.2 Å². The van der Waals surface area contributed by atoms with E-state index in [-0.39, 0.29) is 6.54 Å². The molecule has 1 aliphatic heterocycles. The Hall–Kier alpha value is 0.130. The molecule has 1 atom stereocenters. The van der Waals surface area contributed by atoms with Gasteiger partial charge in [0.2, 0.25) is 0 Å². The van der Waals surface area contributed by atoms with Crippen molar-refractivity contribution in [1.82, 2.24) is 5.32 Å². The van der Waals surface area contributed by atoms with Gasteiger partial charge < -0.3 is 15.2 Å². The van der Waals surface area contributed by atoms with E-state index in [1.54, 1.807) is 0 Å². The molecule has 0 aromatic rings. The van der Waals surface area contributed by atoms with Crippen molar-refractivity contribution >= 4 is 27.6 Å². The normalized spacial score (nSPS) is 20.7. The second-order valence-corrected chi connectivity index (χ2v) is 6.51. The van der Waals surface area contributed by atoms with Crippen LogP contribution < -0.4 is 10.4 Å². The van der Waals surface area contributed by atoms with Gasteiger partial charge in [-0.2, -0.15) is 0 Å². The average Bonchev–Trinajstić information content (AvgIpc) is 2.68. The Bertz CT molecular complexity index is 184. The molecule has 0 bridgehead atoms. The number of hydrogen-bond acceptors (Lipinski definition) is 5. The van der Waals surface area contributed by atoms with Gasteiger partial charge in [-0.1, -0.05) is 34.4 Å². The summed E-state index contributed by atoms with van der Waals surface area (Å²) in [6.45, 7) is 0.773. The van der Waals surface area contributed by atoms with Crippen molar-refractivity contribution < 1.29 is 9.90 Å². The largest absolute Gasteiger partial charge is 0.549 e.